The van der Waals surface area contributed by atoms with E-state index >= 15 is 0 Å². The van der Waals surface area contributed by atoms with E-state index in [2.05, 4.69) is 30.4 Å². The van der Waals surface area contributed by atoms with Gasteiger partial charge in [0, 0.05) is 22.3 Å². The Hall–Kier alpha value is -4.48. The molecular weight excluding hydrogens is 486 g/mol. The van der Waals surface area contributed by atoms with Crippen molar-refractivity contribution in [3.63, 3.8) is 0 Å². The van der Waals surface area contributed by atoms with E-state index in [-0.39, 0.29) is 0 Å². The molecule has 0 fully saturated rings. The zero-order chi connectivity index (χ0) is 25.5. The van der Waals surface area contributed by atoms with Crippen LogP contribution in [0.2, 0.25) is 0 Å². The van der Waals surface area contributed by atoms with Gasteiger partial charge in [0.2, 0.25) is 0 Å². The Morgan fingerprint density at radius 3 is 1.25 bits per heavy atom. The molecule has 0 amide bonds. The third-order valence-corrected chi connectivity index (χ3v) is 5.32. The second kappa shape index (κ2) is 8.63. The van der Waals surface area contributed by atoms with Gasteiger partial charge in [0.25, 0.3) is 0 Å². The van der Waals surface area contributed by atoms with Crippen molar-refractivity contribution >= 4 is 0 Å². The summed E-state index contributed by atoms with van der Waals surface area (Å²) in [7, 11) is 0. The first-order valence-electron chi connectivity index (χ1n) is 10.4. The van der Waals surface area contributed by atoms with Gasteiger partial charge >= 0.3 is 12.4 Å². The summed E-state index contributed by atoms with van der Waals surface area (Å²) in [5.74, 6) is 1.22. The Bertz CT molecular complexity index is 1390. The number of aromatic nitrogens is 6. The Kier molecular flexibility index (Phi) is 5.58. The second-order valence-electron chi connectivity index (χ2n) is 7.75. The van der Waals surface area contributed by atoms with Crippen molar-refractivity contribution in [1.29, 1.82) is 0 Å². The molecule has 3 aromatic carbocycles. The van der Waals surface area contributed by atoms with Gasteiger partial charge in [0.15, 0.2) is 23.3 Å². The first-order valence-corrected chi connectivity index (χ1v) is 10.4. The van der Waals surface area contributed by atoms with E-state index < -0.39 is 23.5 Å². The third-order valence-electron chi connectivity index (χ3n) is 5.32. The molecule has 0 bridgehead atoms. The number of nitrogens with one attached hydrogen (secondary N) is 2. The third kappa shape index (κ3) is 4.69. The number of alkyl halides is 6. The highest BCUT2D eigenvalue weighted by molar-refractivity contribution is 5.69. The number of hydrogen-bond donors (Lipinski definition) is 2. The van der Waals surface area contributed by atoms with E-state index in [0.717, 1.165) is 24.3 Å². The van der Waals surface area contributed by atoms with E-state index in [1.54, 1.807) is 24.3 Å². The lowest BCUT2D eigenvalue weighted by atomic mass is 10.1. The maximum Gasteiger partial charge on any atom is 0.416 e. The van der Waals surface area contributed by atoms with Crippen LogP contribution >= 0.6 is 0 Å². The molecular formula is C24H14F6N6. The molecule has 2 heterocycles. The van der Waals surface area contributed by atoms with Gasteiger partial charge in [-0.2, -0.15) is 36.5 Å². The fraction of sp³-hybridized carbons (Fsp3) is 0.0833. The normalized spacial score (nSPS) is 12.2. The number of rotatable bonds is 4. The zero-order valence-electron chi connectivity index (χ0n) is 18.0. The molecule has 0 radical (unpaired) electrons. The molecule has 0 aliphatic rings. The van der Waals surface area contributed by atoms with Crippen LogP contribution in [0.25, 0.3) is 45.6 Å². The van der Waals surface area contributed by atoms with E-state index in [4.69, 9.17) is 0 Å². The molecule has 36 heavy (non-hydrogen) atoms. The highest BCUT2D eigenvalue weighted by Crippen LogP contribution is 2.32. The van der Waals surface area contributed by atoms with Crippen LogP contribution in [0.3, 0.4) is 0 Å². The average Bonchev–Trinajstić information content (AvgIpc) is 3.54. The number of aromatic amines is 2. The van der Waals surface area contributed by atoms with Crippen LogP contribution in [0.15, 0.2) is 72.8 Å². The van der Waals surface area contributed by atoms with Gasteiger partial charge in [0.1, 0.15) is 0 Å². The summed E-state index contributed by atoms with van der Waals surface area (Å²) < 4.78 is 76.8. The highest BCUT2D eigenvalue weighted by atomic mass is 19.4. The molecule has 2 N–H and O–H groups in total. The van der Waals surface area contributed by atoms with Gasteiger partial charge in [0.05, 0.1) is 11.1 Å². The number of hydrogen-bond acceptors (Lipinski definition) is 4. The number of benzene rings is 3. The van der Waals surface area contributed by atoms with Crippen LogP contribution in [-0.4, -0.2) is 30.4 Å². The Morgan fingerprint density at radius 1 is 0.500 bits per heavy atom. The van der Waals surface area contributed by atoms with Crippen molar-refractivity contribution < 1.29 is 26.3 Å². The summed E-state index contributed by atoms with van der Waals surface area (Å²) >= 11 is 0. The van der Waals surface area contributed by atoms with Gasteiger partial charge in [-0.3, -0.25) is 10.2 Å². The summed E-state index contributed by atoms with van der Waals surface area (Å²) in [6.45, 7) is 0. The predicted octanol–water partition coefficient (Wildman–Crippen LogP) is 6.63. The number of nitrogens with zero attached hydrogens (tertiary/aromatic N) is 4. The molecule has 2 aromatic heterocycles. The minimum atomic E-state index is -4.43. The molecule has 6 nitrogen and oxygen atoms in total. The molecule has 0 atom stereocenters. The Morgan fingerprint density at radius 2 is 0.889 bits per heavy atom. The summed E-state index contributed by atoms with van der Waals surface area (Å²) in [6.07, 6.45) is -8.86. The highest BCUT2D eigenvalue weighted by Gasteiger charge is 2.31. The maximum atomic E-state index is 12.8. The van der Waals surface area contributed by atoms with Crippen LogP contribution in [0, 0.1) is 0 Å². The van der Waals surface area contributed by atoms with Gasteiger partial charge in [-0.25, -0.2) is 9.97 Å². The molecule has 182 valence electrons. The summed E-state index contributed by atoms with van der Waals surface area (Å²) in [4.78, 5) is 8.74. The Balaban J connectivity index is 1.38. The SMILES string of the molecule is FC(F)(F)c1ccc(-c2nc(-c3cccc(-c4n[nH]c(-c5ccc(C(F)(F)F)cc5)n4)c3)n[nH]2)cc1. The van der Waals surface area contributed by atoms with Gasteiger partial charge in [-0.15, -0.1) is 0 Å². The van der Waals surface area contributed by atoms with Crippen LogP contribution in [0.5, 0.6) is 0 Å². The summed E-state index contributed by atoms with van der Waals surface area (Å²) in [5.41, 5.74) is 0.549. The summed E-state index contributed by atoms with van der Waals surface area (Å²) in [6, 6.07) is 16.0. The minimum Gasteiger partial charge on any atom is -0.259 e. The van der Waals surface area contributed by atoms with Crippen LogP contribution in [0.1, 0.15) is 11.1 Å². The maximum absolute atomic E-state index is 12.8. The molecule has 0 unspecified atom stereocenters. The molecule has 12 heteroatoms. The Labute approximate surface area is 199 Å². The van der Waals surface area contributed by atoms with Crippen LogP contribution in [0.4, 0.5) is 26.3 Å². The molecule has 0 spiro atoms. The molecule has 0 saturated heterocycles. The van der Waals surface area contributed by atoms with Crippen LogP contribution < -0.4 is 0 Å². The monoisotopic (exact) mass is 500 g/mol. The van der Waals surface area contributed by atoms with Crippen molar-refractivity contribution in [3.8, 4) is 45.6 Å². The number of H-pyrrole nitrogens is 2. The standard InChI is InChI=1S/C24H14F6N6/c25-23(26,27)17-8-4-13(5-9-17)19-31-21(35-33-19)15-2-1-3-16(12-15)22-32-20(34-36-22)14-6-10-18(11-7-14)24(28,29)30/h1-12H,(H,31,33,35)(H,32,34,36). The number of halogens is 6. The molecule has 5 aromatic rings. The largest absolute Gasteiger partial charge is 0.416 e. The molecule has 5 rings (SSSR count). The lowest BCUT2D eigenvalue weighted by Gasteiger charge is -2.06. The van der Waals surface area contributed by atoms with E-state index in [1.807, 2.05) is 0 Å². The average molecular weight is 500 g/mol. The van der Waals surface area contributed by atoms with Crippen LogP contribution in [-0.2, 0) is 12.4 Å². The minimum absolute atomic E-state index is 0.298. The van der Waals surface area contributed by atoms with Gasteiger partial charge in [-0.1, -0.05) is 42.5 Å². The van der Waals surface area contributed by atoms with E-state index in [9.17, 15) is 26.3 Å². The summed E-state index contributed by atoms with van der Waals surface area (Å²) in [5, 5.41) is 13.7. The van der Waals surface area contributed by atoms with E-state index in [0.29, 0.717) is 45.6 Å². The van der Waals surface area contributed by atoms with Crippen molar-refractivity contribution in [3.05, 3.63) is 83.9 Å². The lowest BCUT2D eigenvalue weighted by Crippen LogP contribution is -2.04. The van der Waals surface area contributed by atoms with Crippen molar-refractivity contribution in [2.75, 3.05) is 0 Å². The smallest absolute Gasteiger partial charge is 0.259 e. The topological polar surface area (TPSA) is 83.1 Å². The second-order valence-corrected chi connectivity index (χ2v) is 7.75. The van der Waals surface area contributed by atoms with E-state index in [1.165, 1.54) is 24.3 Å². The predicted molar refractivity (Wildman–Crippen MR) is 118 cm³/mol. The quantitative estimate of drug-likeness (QED) is 0.272. The zero-order valence-corrected chi connectivity index (χ0v) is 18.0. The first-order chi connectivity index (χ1) is 17.1. The molecule has 0 aliphatic carbocycles. The van der Waals surface area contributed by atoms with Crippen molar-refractivity contribution in [1.82, 2.24) is 30.4 Å². The molecule has 0 aliphatic heterocycles. The fourth-order valence-corrected chi connectivity index (χ4v) is 3.47. The fourth-order valence-electron chi connectivity index (χ4n) is 3.47. The lowest BCUT2D eigenvalue weighted by molar-refractivity contribution is -0.138. The van der Waals surface area contributed by atoms with Crippen molar-refractivity contribution in [2.24, 2.45) is 0 Å². The van der Waals surface area contributed by atoms with Gasteiger partial charge in [-0.05, 0) is 30.3 Å². The van der Waals surface area contributed by atoms with Gasteiger partial charge < -0.3 is 0 Å². The van der Waals surface area contributed by atoms with Crippen molar-refractivity contribution in [2.45, 2.75) is 12.4 Å². The first kappa shape index (κ1) is 23.3. The molecule has 0 saturated carbocycles.